The van der Waals surface area contributed by atoms with Gasteiger partial charge in [0.1, 0.15) is 0 Å². The summed E-state index contributed by atoms with van der Waals surface area (Å²) in [4.78, 5) is 14.8. The molecule has 29 heavy (non-hydrogen) atoms. The smallest absolute Gasteiger partial charge is 0.225 e. The number of carbonyl (C=O) groups is 1. The predicted octanol–water partition coefficient (Wildman–Crippen LogP) is 3.98. The molecule has 1 aliphatic rings. The lowest BCUT2D eigenvalue weighted by Crippen LogP contribution is -2.43. The van der Waals surface area contributed by atoms with E-state index in [-0.39, 0.29) is 11.8 Å². The van der Waals surface area contributed by atoms with Crippen LogP contribution in [0.2, 0.25) is 0 Å². The Hall–Kier alpha value is -3.21. The van der Waals surface area contributed by atoms with Gasteiger partial charge in [0.15, 0.2) is 5.82 Å². The van der Waals surface area contributed by atoms with Gasteiger partial charge in [-0.25, -0.2) is 0 Å². The number of anilines is 1. The minimum atomic E-state index is -0.0225. The number of aryl methyl sites for hydroxylation is 1. The molecular weight excluding hydrogens is 360 g/mol. The monoisotopic (exact) mass is 386 g/mol. The molecular formula is C24H26N4O. The molecule has 0 aliphatic carbocycles. The Morgan fingerprint density at radius 2 is 1.93 bits per heavy atom. The van der Waals surface area contributed by atoms with E-state index in [4.69, 9.17) is 0 Å². The molecule has 1 N–H and O–H groups in total. The summed E-state index contributed by atoms with van der Waals surface area (Å²) in [6, 6.07) is 22.3. The molecule has 5 nitrogen and oxygen atoms in total. The van der Waals surface area contributed by atoms with Gasteiger partial charge in [0.25, 0.3) is 0 Å². The maximum absolute atomic E-state index is 12.6. The minimum absolute atomic E-state index is 0.0225. The Morgan fingerprint density at radius 3 is 2.69 bits per heavy atom. The van der Waals surface area contributed by atoms with Gasteiger partial charge in [0.2, 0.25) is 5.91 Å². The van der Waals surface area contributed by atoms with Crippen molar-refractivity contribution in [2.45, 2.75) is 26.3 Å². The van der Waals surface area contributed by atoms with E-state index >= 15 is 0 Å². The average Bonchev–Trinajstić information content (AvgIpc) is 2.78. The van der Waals surface area contributed by atoms with Gasteiger partial charge in [0.05, 0.1) is 11.6 Å². The summed E-state index contributed by atoms with van der Waals surface area (Å²) in [5.41, 5.74) is 4.26. The molecule has 2 heterocycles. The SMILES string of the molecule is Cc1cccc(-c2ccc(N3CCC[C@H](C(=O)NCc4ccccc4)C3)nn2)c1. The number of aromatic nitrogens is 2. The maximum atomic E-state index is 12.6. The Kier molecular flexibility index (Phi) is 5.84. The zero-order valence-electron chi connectivity index (χ0n) is 16.7. The molecule has 1 aromatic heterocycles. The molecule has 0 radical (unpaired) electrons. The second-order valence-electron chi connectivity index (χ2n) is 7.63. The van der Waals surface area contributed by atoms with Crippen molar-refractivity contribution < 1.29 is 4.79 Å². The van der Waals surface area contributed by atoms with Crippen molar-refractivity contribution in [2.75, 3.05) is 18.0 Å². The van der Waals surface area contributed by atoms with Gasteiger partial charge in [0, 0.05) is 25.2 Å². The van der Waals surface area contributed by atoms with Gasteiger partial charge in [-0.1, -0.05) is 54.1 Å². The summed E-state index contributed by atoms with van der Waals surface area (Å²) in [7, 11) is 0. The molecule has 1 atom stereocenters. The third-order valence-corrected chi connectivity index (χ3v) is 5.39. The molecule has 0 saturated carbocycles. The second-order valence-corrected chi connectivity index (χ2v) is 7.63. The molecule has 1 amide bonds. The first-order valence-electron chi connectivity index (χ1n) is 10.2. The van der Waals surface area contributed by atoms with Crippen LogP contribution in [0.15, 0.2) is 66.7 Å². The lowest BCUT2D eigenvalue weighted by atomic mass is 9.97. The molecule has 1 saturated heterocycles. The van der Waals surface area contributed by atoms with Crippen molar-refractivity contribution in [3.8, 4) is 11.3 Å². The van der Waals surface area contributed by atoms with Crippen molar-refractivity contribution in [3.63, 3.8) is 0 Å². The fraction of sp³-hybridized carbons (Fsp3) is 0.292. The van der Waals surface area contributed by atoms with Gasteiger partial charge in [-0.05, 0) is 43.5 Å². The standard InChI is InChI=1S/C24H26N4O/c1-18-7-5-10-20(15-18)22-12-13-23(27-26-22)28-14-6-11-21(17-28)24(29)25-16-19-8-3-2-4-9-19/h2-5,7-10,12-13,15,21H,6,11,14,16-17H2,1H3,(H,25,29)/t21-/m0/s1. The van der Waals surface area contributed by atoms with Crippen molar-refractivity contribution in [3.05, 3.63) is 77.9 Å². The maximum Gasteiger partial charge on any atom is 0.225 e. The highest BCUT2D eigenvalue weighted by molar-refractivity contribution is 5.79. The van der Waals surface area contributed by atoms with Crippen molar-refractivity contribution in [1.29, 1.82) is 0 Å². The van der Waals surface area contributed by atoms with E-state index in [9.17, 15) is 4.79 Å². The highest BCUT2D eigenvalue weighted by Gasteiger charge is 2.26. The van der Waals surface area contributed by atoms with Crippen LogP contribution in [-0.4, -0.2) is 29.2 Å². The number of rotatable bonds is 5. The van der Waals surface area contributed by atoms with E-state index in [0.717, 1.165) is 42.0 Å². The Labute approximate surface area is 171 Å². The van der Waals surface area contributed by atoms with Crippen LogP contribution in [0.5, 0.6) is 0 Å². The Morgan fingerprint density at radius 1 is 1.07 bits per heavy atom. The molecule has 5 heteroatoms. The van der Waals surface area contributed by atoms with E-state index in [2.05, 4.69) is 39.5 Å². The summed E-state index contributed by atoms with van der Waals surface area (Å²) in [5.74, 6) is 0.926. The molecule has 0 spiro atoms. The topological polar surface area (TPSA) is 58.1 Å². The van der Waals surface area contributed by atoms with Gasteiger partial charge < -0.3 is 10.2 Å². The molecule has 0 bridgehead atoms. The van der Waals surface area contributed by atoms with Crippen molar-refractivity contribution in [1.82, 2.24) is 15.5 Å². The molecule has 1 aliphatic heterocycles. The average molecular weight is 386 g/mol. The Balaban J connectivity index is 1.38. The Bertz CT molecular complexity index is 956. The van der Waals surface area contributed by atoms with Crippen molar-refractivity contribution in [2.24, 2.45) is 5.92 Å². The van der Waals surface area contributed by atoms with Crippen LogP contribution < -0.4 is 10.2 Å². The number of amides is 1. The minimum Gasteiger partial charge on any atom is -0.354 e. The number of piperidine rings is 1. The van der Waals surface area contributed by atoms with Crippen LogP contribution in [0, 0.1) is 12.8 Å². The van der Waals surface area contributed by atoms with Crippen LogP contribution in [-0.2, 0) is 11.3 Å². The summed E-state index contributed by atoms with van der Waals surface area (Å²) in [6.45, 7) is 4.23. The third kappa shape index (κ3) is 4.80. The summed E-state index contributed by atoms with van der Waals surface area (Å²) in [5, 5.41) is 11.9. The molecule has 3 aromatic rings. The highest BCUT2D eigenvalue weighted by Crippen LogP contribution is 2.24. The number of hydrogen-bond donors (Lipinski definition) is 1. The molecule has 2 aromatic carbocycles. The second kappa shape index (κ2) is 8.86. The first-order valence-corrected chi connectivity index (χ1v) is 10.2. The first-order chi connectivity index (χ1) is 14.2. The largest absolute Gasteiger partial charge is 0.354 e. The van der Waals surface area contributed by atoms with Gasteiger partial charge >= 0.3 is 0 Å². The molecule has 1 fully saturated rings. The van der Waals surface area contributed by atoms with Crippen LogP contribution in [0.25, 0.3) is 11.3 Å². The lowest BCUT2D eigenvalue weighted by molar-refractivity contribution is -0.125. The fourth-order valence-electron chi connectivity index (χ4n) is 3.78. The summed E-state index contributed by atoms with van der Waals surface area (Å²) >= 11 is 0. The number of nitrogens with one attached hydrogen (secondary N) is 1. The molecule has 0 unspecified atom stereocenters. The van der Waals surface area contributed by atoms with Crippen molar-refractivity contribution >= 4 is 11.7 Å². The van der Waals surface area contributed by atoms with E-state index < -0.39 is 0 Å². The molecule has 4 rings (SSSR count). The summed E-state index contributed by atoms with van der Waals surface area (Å²) < 4.78 is 0. The quantitative estimate of drug-likeness (QED) is 0.720. The summed E-state index contributed by atoms with van der Waals surface area (Å²) in [6.07, 6.45) is 1.89. The zero-order chi connectivity index (χ0) is 20.1. The van der Waals surface area contributed by atoms with E-state index in [1.54, 1.807) is 0 Å². The third-order valence-electron chi connectivity index (χ3n) is 5.39. The number of benzene rings is 2. The van der Waals surface area contributed by atoms with Crippen LogP contribution in [0.1, 0.15) is 24.0 Å². The number of nitrogens with zero attached hydrogens (tertiary/aromatic N) is 3. The van der Waals surface area contributed by atoms with Crippen LogP contribution >= 0.6 is 0 Å². The lowest BCUT2D eigenvalue weighted by Gasteiger charge is -2.32. The normalized spacial score (nSPS) is 16.4. The van der Waals surface area contributed by atoms with E-state index in [1.165, 1.54) is 5.56 Å². The number of carbonyl (C=O) groups excluding carboxylic acids is 1. The fourth-order valence-corrected chi connectivity index (χ4v) is 3.78. The molecule has 148 valence electrons. The van der Waals surface area contributed by atoms with E-state index in [0.29, 0.717) is 13.1 Å². The first kappa shape index (κ1) is 19.1. The van der Waals surface area contributed by atoms with E-state index in [1.807, 2.05) is 54.6 Å². The van der Waals surface area contributed by atoms with Gasteiger partial charge in [-0.2, -0.15) is 0 Å². The zero-order valence-corrected chi connectivity index (χ0v) is 16.7. The van der Waals surface area contributed by atoms with Crippen LogP contribution in [0.4, 0.5) is 5.82 Å². The van der Waals surface area contributed by atoms with Gasteiger partial charge in [-0.15, -0.1) is 10.2 Å². The predicted molar refractivity (Wildman–Crippen MR) is 115 cm³/mol. The van der Waals surface area contributed by atoms with Gasteiger partial charge in [-0.3, -0.25) is 4.79 Å². The van der Waals surface area contributed by atoms with Crippen LogP contribution in [0.3, 0.4) is 0 Å². The highest BCUT2D eigenvalue weighted by atomic mass is 16.1. The number of hydrogen-bond acceptors (Lipinski definition) is 4.